The SMILES string of the molecule is CCOc1ccc(NC=Nc2ccc(C)cc2)cc1. The lowest BCUT2D eigenvalue weighted by Crippen LogP contribution is -1.95. The number of nitrogens with zero attached hydrogens (tertiary/aromatic N) is 1. The summed E-state index contributed by atoms with van der Waals surface area (Å²) in [4.78, 5) is 4.33. The van der Waals surface area contributed by atoms with Crippen molar-refractivity contribution in [3.63, 3.8) is 0 Å². The van der Waals surface area contributed by atoms with Crippen molar-refractivity contribution in [1.82, 2.24) is 0 Å². The maximum Gasteiger partial charge on any atom is 0.119 e. The summed E-state index contributed by atoms with van der Waals surface area (Å²) in [6.45, 7) is 4.72. The summed E-state index contributed by atoms with van der Waals surface area (Å²) in [6.07, 6.45) is 1.69. The first-order chi connectivity index (χ1) is 9.28. The van der Waals surface area contributed by atoms with Gasteiger partial charge in [0.25, 0.3) is 0 Å². The van der Waals surface area contributed by atoms with Gasteiger partial charge < -0.3 is 10.1 Å². The summed E-state index contributed by atoms with van der Waals surface area (Å²) in [5.41, 5.74) is 3.15. The molecular weight excluding hydrogens is 236 g/mol. The van der Waals surface area contributed by atoms with Gasteiger partial charge in [0.15, 0.2) is 0 Å². The number of benzene rings is 2. The molecule has 3 nitrogen and oxygen atoms in total. The number of hydrogen-bond donors (Lipinski definition) is 1. The minimum atomic E-state index is 0.682. The van der Waals surface area contributed by atoms with Crippen molar-refractivity contribution >= 4 is 17.7 Å². The molecule has 0 fully saturated rings. The molecule has 3 heteroatoms. The van der Waals surface area contributed by atoms with Gasteiger partial charge in [-0.3, -0.25) is 0 Å². The van der Waals surface area contributed by atoms with Gasteiger partial charge in [-0.15, -0.1) is 0 Å². The largest absolute Gasteiger partial charge is 0.494 e. The maximum absolute atomic E-state index is 5.38. The van der Waals surface area contributed by atoms with Crippen LogP contribution in [0.2, 0.25) is 0 Å². The molecule has 0 aromatic heterocycles. The third kappa shape index (κ3) is 4.14. The molecule has 2 rings (SSSR count). The van der Waals surface area contributed by atoms with Gasteiger partial charge in [0.1, 0.15) is 5.75 Å². The Hall–Kier alpha value is -2.29. The molecule has 0 heterocycles. The van der Waals surface area contributed by atoms with Gasteiger partial charge in [-0.05, 0) is 50.2 Å². The maximum atomic E-state index is 5.38. The first-order valence-electron chi connectivity index (χ1n) is 6.36. The van der Waals surface area contributed by atoms with E-state index in [1.807, 2.05) is 55.5 Å². The summed E-state index contributed by atoms with van der Waals surface area (Å²) >= 11 is 0. The van der Waals surface area contributed by atoms with E-state index in [1.165, 1.54) is 5.56 Å². The monoisotopic (exact) mass is 254 g/mol. The van der Waals surface area contributed by atoms with Crippen LogP contribution in [0.15, 0.2) is 53.5 Å². The van der Waals surface area contributed by atoms with Crippen LogP contribution in [0.3, 0.4) is 0 Å². The number of hydrogen-bond acceptors (Lipinski definition) is 2. The average molecular weight is 254 g/mol. The summed E-state index contributed by atoms with van der Waals surface area (Å²) in [6, 6.07) is 15.9. The standard InChI is InChI=1S/C16H18N2O/c1-3-19-16-10-8-15(9-11-16)18-12-17-14-6-4-13(2)5-7-14/h4-12H,3H2,1-2H3,(H,17,18). The van der Waals surface area contributed by atoms with Crippen LogP contribution in [0.4, 0.5) is 11.4 Å². The summed E-state index contributed by atoms with van der Waals surface area (Å²) in [5.74, 6) is 0.878. The third-order valence-electron chi connectivity index (χ3n) is 2.64. The highest BCUT2D eigenvalue weighted by molar-refractivity contribution is 5.77. The first-order valence-corrected chi connectivity index (χ1v) is 6.36. The molecule has 0 saturated carbocycles. The molecule has 0 spiro atoms. The molecule has 0 saturated heterocycles. The Morgan fingerprint density at radius 3 is 2.37 bits per heavy atom. The molecule has 98 valence electrons. The normalized spacial score (nSPS) is 10.6. The van der Waals surface area contributed by atoms with Crippen LogP contribution in [0.25, 0.3) is 0 Å². The Bertz CT molecular complexity index is 530. The average Bonchev–Trinajstić information content (AvgIpc) is 2.43. The number of aryl methyl sites for hydroxylation is 1. The van der Waals surface area contributed by atoms with E-state index >= 15 is 0 Å². The number of aliphatic imine (C=N–C) groups is 1. The number of nitrogens with one attached hydrogen (secondary N) is 1. The Morgan fingerprint density at radius 1 is 1.05 bits per heavy atom. The van der Waals surface area contributed by atoms with Crippen LogP contribution in [-0.4, -0.2) is 12.9 Å². The van der Waals surface area contributed by atoms with E-state index in [0.717, 1.165) is 17.1 Å². The minimum absolute atomic E-state index is 0.682. The van der Waals surface area contributed by atoms with E-state index in [2.05, 4.69) is 17.2 Å². The Labute approximate surface area is 114 Å². The molecule has 19 heavy (non-hydrogen) atoms. The lowest BCUT2D eigenvalue weighted by atomic mass is 10.2. The topological polar surface area (TPSA) is 33.6 Å². The zero-order valence-electron chi connectivity index (χ0n) is 11.3. The van der Waals surface area contributed by atoms with Gasteiger partial charge in [-0.2, -0.15) is 0 Å². The fourth-order valence-electron chi connectivity index (χ4n) is 1.63. The van der Waals surface area contributed by atoms with Crippen molar-refractivity contribution < 1.29 is 4.74 Å². The van der Waals surface area contributed by atoms with E-state index in [9.17, 15) is 0 Å². The highest BCUT2D eigenvalue weighted by Crippen LogP contribution is 2.15. The minimum Gasteiger partial charge on any atom is -0.494 e. The second kappa shape index (κ2) is 6.59. The summed E-state index contributed by atoms with van der Waals surface area (Å²) < 4.78 is 5.38. The Kier molecular flexibility index (Phi) is 4.56. The number of rotatable bonds is 5. The van der Waals surface area contributed by atoms with Gasteiger partial charge in [-0.1, -0.05) is 17.7 Å². The quantitative estimate of drug-likeness (QED) is 0.642. The van der Waals surface area contributed by atoms with Crippen molar-refractivity contribution in [2.75, 3.05) is 11.9 Å². The molecule has 1 N–H and O–H groups in total. The Morgan fingerprint density at radius 2 is 1.74 bits per heavy atom. The lowest BCUT2D eigenvalue weighted by Gasteiger charge is -2.04. The van der Waals surface area contributed by atoms with Crippen molar-refractivity contribution in [3.05, 3.63) is 54.1 Å². The van der Waals surface area contributed by atoms with Crippen LogP contribution in [0.1, 0.15) is 12.5 Å². The Balaban J connectivity index is 1.92. The predicted molar refractivity (Wildman–Crippen MR) is 80.6 cm³/mol. The van der Waals surface area contributed by atoms with Crippen molar-refractivity contribution in [1.29, 1.82) is 0 Å². The van der Waals surface area contributed by atoms with E-state index in [-0.39, 0.29) is 0 Å². The molecule has 0 amide bonds. The molecule has 0 aliphatic carbocycles. The van der Waals surface area contributed by atoms with Gasteiger partial charge >= 0.3 is 0 Å². The second-order valence-corrected chi connectivity index (χ2v) is 4.20. The van der Waals surface area contributed by atoms with Gasteiger partial charge in [-0.25, -0.2) is 4.99 Å². The molecular formula is C16H18N2O. The van der Waals surface area contributed by atoms with Crippen LogP contribution in [0, 0.1) is 6.92 Å². The number of anilines is 1. The molecule has 0 radical (unpaired) electrons. The van der Waals surface area contributed by atoms with Crippen LogP contribution in [-0.2, 0) is 0 Å². The predicted octanol–water partition coefficient (Wildman–Crippen LogP) is 4.17. The molecule has 0 bridgehead atoms. The summed E-state index contributed by atoms with van der Waals surface area (Å²) in [5, 5.41) is 3.13. The molecule has 0 aliphatic heterocycles. The molecule has 2 aromatic carbocycles. The highest BCUT2D eigenvalue weighted by atomic mass is 16.5. The highest BCUT2D eigenvalue weighted by Gasteiger charge is 1.92. The summed E-state index contributed by atoms with van der Waals surface area (Å²) in [7, 11) is 0. The number of ether oxygens (including phenoxy) is 1. The van der Waals surface area contributed by atoms with Gasteiger partial charge in [0.2, 0.25) is 0 Å². The zero-order chi connectivity index (χ0) is 13.5. The van der Waals surface area contributed by atoms with Crippen molar-refractivity contribution in [2.24, 2.45) is 4.99 Å². The first kappa shape index (κ1) is 13.1. The van der Waals surface area contributed by atoms with Crippen LogP contribution in [0.5, 0.6) is 5.75 Å². The van der Waals surface area contributed by atoms with E-state index in [1.54, 1.807) is 6.34 Å². The van der Waals surface area contributed by atoms with Crippen LogP contribution >= 0.6 is 0 Å². The third-order valence-corrected chi connectivity index (χ3v) is 2.64. The van der Waals surface area contributed by atoms with Gasteiger partial charge in [0, 0.05) is 5.69 Å². The van der Waals surface area contributed by atoms with Crippen molar-refractivity contribution in [3.8, 4) is 5.75 Å². The second-order valence-electron chi connectivity index (χ2n) is 4.20. The van der Waals surface area contributed by atoms with Crippen molar-refractivity contribution in [2.45, 2.75) is 13.8 Å². The smallest absolute Gasteiger partial charge is 0.119 e. The molecule has 0 atom stereocenters. The van der Waals surface area contributed by atoms with E-state index < -0.39 is 0 Å². The van der Waals surface area contributed by atoms with E-state index in [0.29, 0.717) is 6.61 Å². The van der Waals surface area contributed by atoms with Gasteiger partial charge in [0.05, 0.1) is 18.6 Å². The van der Waals surface area contributed by atoms with Crippen LogP contribution < -0.4 is 10.1 Å². The zero-order valence-corrected chi connectivity index (χ0v) is 11.3. The fraction of sp³-hybridized carbons (Fsp3) is 0.188. The lowest BCUT2D eigenvalue weighted by molar-refractivity contribution is 0.340. The molecule has 0 unspecified atom stereocenters. The molecule has 2 aromatic rings. The van der Waals surface area contributed by atoms with E-state index in [4.69, 9.17) is 4.74 Å². The molecule has 0 aliphatic rings. The fourth-order valence-corrected chi connectivity index (χ4v) is 1.63.